The lowest BCUT2D eigenvalue weighted by Gasteiger charge is -2.29. The van der Waals surface area contributed by atoms with Crippen molar-refractivity contribution in [3.63, 3.8) is 0 Å². The maximum atomic E-state index is 12.4. The molecule has 1 saturated heterocycles. The van der Waals surface area contributed by atoms with Crippen molar-refractivity contribution in [2.45, 2.75) is 19.4 Å². The van der Waals surface area contributed by atoms with Crippen LogP contribution in [0.4, 0.5) is 0 Å². The van der Waals surface area contributed by atoms with Gasteiger partial charge in [0.05, 0.1) is 13.0 Å². The fourth-order valence-corrected chi connectivity index (χ4v) is 2.70. The van der Waals surface area contributed by atoms with Crippen molar-refractivity contribution in [3.05, 3.63) is 41.6 Å². The molecule has 2 rings (SSSR count). The molecule has 1 aliphatic rings. The predicted molar refractivity (Wildman–Crippen MR) is 90.5 cm³/mol. The Hall–Kier alpha value is -3.01. The highest BCUT2D eigenvalue weighted by Crippen LogP contribution is 2.18. The molecule has 0 unspecified atom stereocenters. The fourth-order valence-electron chi connectivity index (χ4n) is 2.70. The van der Waals surface area contributed by atoms with E-state index in [0.717, 1.165) is 11.3 Å². The third kappa shape index (κ3) is 4.98. The number of carbonyl (C=O) groups is 2. The molecule has 0 aliphatic carbocycles. The Balaban J connectivity index is 1.92. The Morgan fingerprint density at radius 3 is 2.76 bits per heavy atom. The van der Waals surface area contributed by atoms with Gasteiger partial charge in [-0.3, -0.25) is 9.59 Å². The van der Waals surface area contributed by atoms with Gasteiger partial charge in [-0.2, -0.15) is 5.26 Å². The summed E-state index contributed by atoms with van der Waals surface area (Å²) in [5.74, 6) is -0.876. The van der Waals surface area contributed by atoms with Crippen LogP contribution in [0.15, 0.2) is 36.0 Å². The van der Waals surface area contributed by atoms with E-state index in [1.54, 1.807) is 7.11 Å². The van der Waals surface area contributed by atoms with Gasteiger partial charge < -0.3 is 20.1 Å². The molecule has 1 fully saturated rings. The highest BCUT2D eigenvalue weighted by Gasteiger charge is 2.28. The molecule has 0 saturated carbocycles. The highest BCUT2D eigenvalue weighted by atomic mass is 16.5. The second-order valence-corrected chi connectivity index (χ2v) is 5.81. The smallest absolute Gasteiger partial charge is 0.306 e. The lowest BCUT2D eigenvalue weighted by molar-refractivity contribution is -0.145. The molecule has 7 nitrogen and oxygen atoms in total. The topological polar surface area (TPSA) is 103 Å². The van der Waals surface area contributed by atoms with E-state index in [1.807, 2.05) is 30.3 Å². The number of hydrogen-bond donors (Lipinski definition) is 2. The Bertz CT molecular complexity index is 701. The van der Waals surface area contributed by atoms with Crippen molar-refractivity contribution in [1.82, 2.24) is 10.2 Å². The van der Waals surface area contributed by atoms with E-state index in [1.165, 1.54) is 11.1 Å². The van der Waals surface area contributed by atoms with Crippen molar-refractivity contribution in [1.29, 1.82) is 5.26 Å². The number of aliphatic carboxylic acids is 1. The standard InChI is InChI=1S/C18H21N3O4/c1-25-16-4-2-3-13(9-16)11-20-12-15(10-19)17(22)21-7-5-14(6-8-21)18(23)24/h2-4,9,12,14,20H,5-8,11H2,1H3,(H,23,24)/b15-12-. The second-order valence-electron chi connectivity index (χ2n) is 5.81. The summed E-state index contributed by atoms with van der Waals surface area (Å²) in [7, 11) is 1.59. The Morgan fingerprint density at radius 2 is 2.16 bits per heavy atom. The van der Waals surface area contributed by atoms with Crippen LogP contribution >= 0.6 is 0 Å². The van der Waals surface area contributed by atoms with E-state index in [0.29, 0.717) is 32.5 Å². The van der Waals surface area contributed by atoms with E-state index in [9.17, 15) is 14.9 Å². The molecule has 1 aromatic carbocycles. The largest absolute Gasteiger partial charge is 0.497 e. The van der Waals surface area contributed by atoms with Crippen LogP contribution in [0.1, 0.15) is 18.4 Å². The van der Waals surface area contributed by atoms with Gasteiger partial charge in [0.2, 0.25) is 0 Å². The molecule has 0 radical (unpaired) electrons. The monoisotopic (exact) mass is 343 g/mol. The second kappa shape index (κ2) is 8.73. The number of benzene rings is 1. The van der Waals surface area contributed by atoms with Gasteiger partial charge in [0, 0.05) is 25.8 Å². The van der Waals surface area contributed by atoms with E-state index in [2.05, 4.69) is 5.32 Å². The average molecular weight is 343 g/mol. The zero-order chi connectivity index (χ0) is 18.2. The first-order chi connectivity index (χ1) is 12.0. The van der Waals surface area contributed by atoms with Crippen LogP contribution in [-0.4, -0.2) is 42.1 Å². The summed E-state index contributed by atoms with van der Waals surface area (Å²) in [5, 5.41) is 21.2. The van der Waals surface area contributed by atoms with Gasteiger partial charge in [0.25, 0.3) is 5.91 Å². The number of hydrogen-bond acceptors (Lipinski definition) is 5. The van der Waals surface area contributed by atoms with Gasteiger partial charge in [-0.25, -0.2) is 0 Å². The van der Waals surface area contributed by atoms with Gasteiger partial charge in [0.15, 0.2) is 0 Å². The number of carbonyl (C=O) groups excluding carboxylic acids is 1. The maximum Gasteiger partial charge on any atom is 0.306 e. The van der Waals surface area contributed by atoms with Crippen LogP contribution in [-0.2, 0) is 16.1 Å². The van der Waals surface area contributed by atoms with Gasteiger partial charge in [-0.1, -0.05) is 12.1 Å². The number of ether oxygens (including phenoxy) is 1. The molecule has 132 valence electrons. The van der Waals surface area contributed by atoms with Gasteiger partial charge in [-0.15, -0.1) is 0 Å². The van der Waals surface area contributed by atoms with E-state index >= 15 is 0 Å². The van der Waals surface area contributed by atoms with Crippen LogP contribution in [0.25, 0.3) is 0 Å². The Kier molecular flexibility index (Phi) is 6.40. The first-order valence-electron chi connectivity index (χ1n) is 8.03. The highest BCUT2D eigenvalue weighted by molar-refractivity contribution is 5.97. The molecule has 0 aromatic heterocycles. The summed E-state index contributed by atoms with van der Waals surface area (Å²) in [5.41, 5.74) is 0.972. The van der Waals surface area contributed by atoms with Crippen molar-refractivity contribution in [3.8, 4) is 11.8 Å². The zero-order valence-corrected chi connectivity index (χ0v) is 14.1. The third-order valence-corrected chi connectivity index (χ3v) is 4.17. The number of likely N-dealkylation sites (tertiary alicyclic amines) is 1. The van der Waals surface area contributed by atoms with Crippen molar-refractivity contribution in [2.75, 3.05) is 20.2 Å². The number of piperidine rings is 1. The number of nitriles is 1. The number of methoxy groups -OCH3 is 1. The van der Waals surface area contributed by atoms with E-state index < -0.39 is 11.9 Å². The molecular weight excluding hydrogens is 322 g/mol. The minimum absolute atomic E-state index is 0.0108. The summed E-state index contributed by atoms with van der Waals surface area (Å²) in [6.45, 7) is 1.16. The number of carboxylic acid groups (broad SMARTS) is 1. The molecule has 0 spiro atoms. The molecule has 2 N–H and O–H groups in total. The van der Waals surface area contributed by atoms with Gasteiger partial charge in [0.1, 0.15) is 17.4 Å². The van der Waals surface area contributed by atoms with Crippen LogP contribution < -0.4 is 10.1 Å². The summed E-state index contributed by atoms with van der Waals surface area (Å²) in [4.78, 5) is 24.9. The molecule has 1 aromatic rings. The molecule has 1 heterocycles. The first kappa shape index (κ1) is 18.3. The van der Waals surface area contributed by atoms with Crippen LogP contribution in [0, 0.1) is 17.2 Å². The number of rotatable bonds is 6. The van der Waals surface area contributed by atoms with Crippen molar-refractivity contribution >= 4 is 11.9 Å². The molecule has 1 amide bonds. The molecule has 7 heteroatoms. The maximum absolute atomic E-state index is 12.4. The number of amides is 1. The lowest BCUT2D eigenvalue weighted by Crippen LogP contribution is -2.41. The quantitative estimate of drug-likeness (QED) is 0.600. The van der Waals surface area contributed by atoms with E-state index in [-0.39, 0.29) is 11.5 Å². The van der Waals surface area contributed by atoms with Crippen molar-refractivity contribution < 1.29 is 19.4 Å². The first-order valence-corrected chi connectivity index (χ1v) is 8.03. The van der Waals surface area contributed by atoms with E-state index in [4.69, 9.17) is 9.84 Å². The normalized spacial score (nSPS) is 15.4. The minimum Gasteiger partial charge on any atom is -0.497 e. The minimum atomic E-state index is -0.830. The summed E-state index contributed by atoms with van der Waals surface area (Å²) in [6.07, 6.45) is 2.24. The van der Waals surface area contributed by atoms with Crippen LogP contribution in [0.5, 0.6) is 5.75 Å². The lowest BCUT2D eigenvalue weighted by atomic mass is 9.97. The SMILES string of the molecule is COc1cccc(CN/C=C(/C#N)C(=O)N2CCC(C(=O)O)CC2)c1. The average Bonchev–Trinajstić information content (AvgIpc) is 2.65. The molecule has 0 atom stereocenters. The Labute approximate surface area is 146 Å². The number of nitrogens with one attached hydrogen (secondary N) is 1. The molecule has 1 aliphatic heterocycles. The molecule has 25 heavy (non-hydrogen) atoms. The van der Waals surface area contributed by atoms with Gasteiger partial charge >= 0.3 is 5.97 Å². The number of nitrogens with zero attached hydrogens (tertiary/aromatic N) is 2. The molecule has 0 bridgehead atoms. The fraction of sp³-hybridized carbons (Fsp3) is 0.389. The summed E-state index contributed by atoms with van der Waals surface area (Å²) in [6, 6.07) is 9.39. The predicted octanol–water partition coefficient (Wildman–Crippen LogP) is 1.52. The van der Waals surface area contributed by atoms with Gasteiger partial charge in [-0.05, 0) is 30.5 Å². The Morgan fingerprint density at radius 1 is 1.44 bits per heavy atom. The zero-order valence-electron chi connectivity index (χ0n) is 14.1. The van der Waals surface area contributed by atoms with Crippen LogP contribution in [0.2, 0.25) is 0 Å². The number of carboxylic acids is 1. The van der Waals surface area contributed by atoms with Crippen LogP contribution in [0.3, 0.4) is 0 Å². The summed E-state index contributed by atoms with van der Waals surface area (Å²) < 4.78 is 5.15. The van der Waals surface area contributed by atoms with Crippen molar-refractivity contribution in [2.24, 2.45) is 5.92 Å². The molecular formula is C18H21N3O4. The summed E-state index contributed by atoms with van der Waals surface area (Å²) >= 11 is 0. The third-order valence-electron chi connectivity index (χ3n) is 4.17.